The van der Waals surface area contributed by atoms with Crippen molar-refractivity contribution in [3.63, 3.8) is 0 Å². The van der Waals surface area contributed by atoms with Crippen LogP contribution in [0.1, 0.15) is 95.3 Å². The highest BCUT2D eigenvalue weighted by atomic mass is 16.4. The van der Waals surface area contributed by atoms with Crippen LogP contribution in [0.25, 0.3) is 10.8 Å². The fourth-order valence-corrected chi connectivity index (χ4v) is 8.02. The maximum absolute atomic E-state index is 12.4. The van der Waals surface area contributed by atoms with Crippen molar-refractivity contribution in [2.45, 2.75) is 89.6 Å². The summed E-state index contributed by atoms with van der Waals surface area (Å²) < 4.78 is 0. The van der Waals surface area contributed by atoms with Gasteiger partial charge in [-0.15, -0.1) is 0 Å². The number of carbonyl (C=O) groups is 1. The normalized spacial score (nSPS) is 32.8. The molecule has 33 heavy (non-hydrogen) atoms. The van der Waals surface area contributed by atoms with Gasteiger partial charge in [0.05, 0.1) is 12.0 Å². The number of carboxylic acids is 1. The summed E-state index contributed by atoms with van der Waals surface area (Å²) >= 11 is 0. The van der Waals surface area contributed by atoms with Crippen molar-refractivity contribution in [3.05, 3.63) is 41.5 Å². The Kier molecular flexibility index (Phi) is 5.71. The molecule has 2 saturated carbocycles. The highest BCUT2D eigenvalue weighted by molar-refractivity contribution is 5.89. The largest absolute Gasteiger partial charge is 0.508 e. The summed E-state index contributed by atoms with van der Waals surface area (Å²) in [7, 11) is 0. The summed E-state index contributed by atoms with van der Waals surface area (Å²) in [6, 6.07) is 9.60. The lowest BCUT2D eigenvalue weighted by atomic mass is 9.55. The lowest BCUT2D eigenvalue weighted by molar-refractivity contribution is -0.147. The average molecular weight is 451 g/mol. The van der Waals surface area contributed by atoms with Gasteiger partial charge >= 0.3 is 5.97 Å². The molecule has 3 N–H and O–H groups in total. The van der Waals surface area contributed by atoms with E-state index in [1.165, 1.54) is 31.2 Å². The fourth-order valence-electron chi connectivity index (χ4n) is 8.02. The molecule has 6 atom stereocenters. The Bertz CT molecular complexity index is 1060. The average Bonchev–Trinajstić information content (AvgIpc) is 3.44. The van der Waals surface area contributed by atoms with Gasteiger partial charge in [0.1, 0.15) is 5.75 Å². The second-order valence-electron chi connectivity index (χ2n) is 11.3. The molecule has 4 nitrogen and oxygen atoms in total. The van der Waals surface area contributed by atoms with Gasteiger partial charge in [0.25, 0.3) is 0 Å². The van der Waals surface area contributed by atoms with E-state index in [2.05, 4.69) is 26.0 Å². The summed E-state index contributed by atoms with van der Waals surface area (Å²) in [5, 5.41) is 33.5. The number of rotatable bonds is 9. The number of carboxylic acid groups (broad SMARTS) is 1. The van der Waals surface area contributed by atoms with Gasteiger partial charge < -0.3 is 15.3 Å². The maximum atomic E-state index is 12.4. The Hall–Kier alpha value is -2.07. The van der Waals surface area contributed by atoms with Crippen molar-refractivity contribution >= 4 is 16.7 Å². The quantitative estimate of drug-likeness (QED) is 0.371. The van der Waals surface area contributed by atoms with E-state index in [0.29, 0.717) is 12.3 Å². The molecule has 0 amide bonds. The van der Waals surface area contributed by atoms with Gasteiger partial charge in [-0.1, -0.05) is 70.6 Å². The Morgan fingerprint density at radius 3 is 2.61 bits per heavy atom. The summed E-state index contributed by atoms with van der Waals surface area (Å²) in [6.07, 6.45) is 9.87. The SMILES string of the molecule is CCCCCCCCC(C(=O)O)[C@H]1C[C@@H]2C[C@@]23c2ccc4cc(O)ccc4c2[C@@H](O)C[C@]13C. The third kappa shape index (κ3) is 3.39. The van der Waals surface area contributed by atoms with Gasteiger partial charge in [-0.05, 0) is 77.0 Å². The molecule has 0 saturated heterocycles. The highest BCUT2D eigenvalue weighted by Crippen LogP contribution is 2.80. The smallest absolute Gasteiger partial charge is 0.306 e. The Morgan fingerprint density at radius 1 is 1.09 bits per heavy atom. The van der Waals surface area contributed by atoms with Crippen LogP contribution in [0, 0.1) is 23.2 Å². The summed E-state index contributed by atoms with van der Waals surface area (Å²) in [6.45, 7) is 4.49. The van der Waals surface area contributed by atoms with Crippen LogP contribution in [0.15, 0.2) is 30.3 Å². The van der Waals surface area contributed by atoms with Gasteiger partial charge in [-0.3, -0.25) is 4.79 Å². The van der Waals surface area contributed by atoms with Crippen molar-refractivity contribution < 1.29 is 20.1 Å². The maximum Gasteiger partial charge on any atom is 0.306 e. The molecule has 5 rings (SSSR count). The lowest BCUT2D eigenvalue weighted by Gasteiger charge is -2.49. The second-order valence-corrected chi connectivity index (χ2v) is 11.3. The zero-order valence-corrected chi connectivity index (χ0v) is 20.0. The number of benzene rings is 2. The molecule has 4 heteroatoms. The second kappa shape index (κ2) is 8.30. The molecule has 1 spiro atoms. The molecule has 178 valence electrons. The van der Waals surface area contributed by atoms with Crippen LogP contribution >= 0.6 is 0 Å². The topological polar surface area (TPSA) is 77.8 Å². The molecule has 2 aromatic rings. The van der Waals surface area contributed by atoms with Crippen LogP contribution in [0.5, 0.6) is 5.75 Å². The minimum Gasteiger partial charge on any atom is -0.508 e. The summed E-state index contributed by atoms with van der Waals surface area (Å²) in [5.74, 6) is -0.111. The molecule has 1 unspecified atom stereocenters. The minimum absolute atomic E-state index is 0.00681. The number of phenolic OH excluding ortho intramolecular Hbond substituents is 1. The standard InChI is InChI=1S/C29H38O4/c1-3-4-5-6-7-8-9-22(27(32)33)24-15-19-16-29(19)23-13-10-18-14-20(30)11-12-21(18)26(23)25(31)17-28(24,29)2/h10-14,19,22,24-25,30-31H,3-9,15-17H2,1-2H3,(H,32,33)/t19-,22?,24-,25+,28-,29+/m1/s1. The number of hydrogen-bond donors (Lipinski definition) is 3. The third-order valence-corrected chi connectivity index (χ3v) is 9.63. The lowest BCUT2D eigenvalue weighted by Crippen LogP contribution is -2.45. The number of aliphatic carboxylic acids is 1. The van der Waals surface area contributed by atoms with E-state index in [4.69, 9.17) is 0 Å². The van der Waals surface area contributed by atoms with Crippen molar-refractivity contribution in [1.82, 2.24) is 0 Å². The molecule has 2 fully saturated rings. The number of hydrogen-bond acceptors (Lipinski definition) is 3. The summed E-state index contributed by atoms with van der Waals surface area (Å²) in [5.41, 5.74) is 2.04. The first kappa shape index (κ1) is 22.7. The van der Waals surface area contributed by atoms with Crippen LogP contribution in [0.2, 0.25) is 0 Å². The molecule has 2 aromatic carbocycles. The van der Waals surface area contributed by atoms with E-state index in [1.807, 2.05) is 6.07 Å². The first-order valence-electron chi connectivity index (χ1n) is 13.0. The van der Waals surface area contributed by atoms with Crippen LogP contribution in [0.4, 0.5) is 0 Å². The Balaban J connectivity index is 1.44. The molecule has 0 radical (unpaired) electrons. The van der Waals surface area contributed by atoms with E-state index >= 15 is 0 Å². The molecule has 3 aliphatic rings. The van der Waals surface area contributed by atoms with Gasteiger partial charge in [-0.2, -0.15) is 0 Å². The third-order valence-electron chi connectivity index (χ3n) is 9.63. The molecular formula is C29H38O4. The summed E-state index contributed by atoms with van der Waals surface area (Å²) in [4.78, 5) is 12.4. The Morgan fingerprint density at radius 2 is 1.85 bits per heavy atom. The van der Waals surface area contributed by atoms with E-state index in [-0.39, 0.29) is 28.4 Å². The molecule has 0 bridgehead atoms. The zero-order valence-electron chi connectivity index (χ0n) is 20.0. The number of fused-ring (bicyclic) bond motifs is 3. The van der Waals surface area contributed by atoms with Crippen LogP contribution in [-0.2, 0) is 10.2 Å². The first-order chi connectivity index (χ1) is 15.8. The van der Waals surface area contributed by atoms with Crippen molar-refractivity contribution in [3.8, 4) is 5.75 Å². The van der Waals surface area contributed by atoms with E-state index < -0.39 is 12.1 Å². The number of unbranched alkanes of at least 4 members (excludes halogenated alkanes) is 5. The molecular weight excluding hydrogens is 412 g/mol. The number of aliphatic hydroxyl groups is 1. The van der Waals surface area contributed by atoms with Crippen molar-refractivity contribution in [2.24, 2.45) is 23.2 Å². The van der Waals surface area contributed by atoms with Crippen LogP contribution in [-0.4, -0.2) is 21.3 Å². The zero-order chi connectivity index (χ0) is 23.4. The van der Waals surface area contributed by atoms with Gasteiger partial charge in [-0.25, -0.2) is 0 Å². The van der Waals surface area contributed by atoms with Crippen LogP contribution in [0.3, 0.4) is 0 Å². The highest BCUT2D eigenvalue weighted by Gasteiger charge is 2.75. The van der Waals surface area contributed by atoms with Gasteiger partial charge in [0.15, 0.2) is 0 Å². The predicted octanol–water partition coefficient (Wildman–Crippen LogP) is 6.72. The van der Waals surface area contributed by atoms with Crippen LogP contribution < -0.4 is 0 Å². The van der Waals surface area contributed by atoms with Gasteiger partial charge in [0, 0.05) is 5.41 Å². The first-order valence-corrected chi connectivity index (χ1v) is 13.0. The number of phenols is 1. The van der Waals surface area contributed by atoms with Crippen molar-refractivity contribution in [2.75, 3.05) is 0 Å². The minimum atomic E-state index is -0.652. The molecule has 0 aliphatic heterocycles. The van der Waals surface area contributed by atoms with E-state index in [1.54, 1.807) is 12.1 Å². The number of aliphatic hydroxyl groups excluding tert-OH is 1. The fraction of sp³-hybridized carbons (Fsp3) is 0.621. The van der Waals surface area contributed by atoms with Gasteiger partial charge in [0.2, 0.25) is 0 Å². The van der Waals surface area contributed by atoms with Crippen molar-refractivity contribution in [1.29, 1.82) is 0 Å². The number of aromatic hydroxyl groups is 1. The monoisotopic (exact) mass is 450 g/mol. The molecule has 0 heterocycles. The molecule has 3 aliphatic carbocycles. The van der Waals surface area contributed by atoms with E-state index in [9.17, 15) is 20.1 Å². The Labute approximate surface area is 197 Å². The molecule has 0 aromatic heterocycles. The van der Waals surface area contributed by atoms with E-state index in [0.717, 1.165) is 48.4 Å². The predicted molar refractivity (Wildman–Crippen MR) is 130 cm³/mol.